The SMILES string of the molecule is CC(C)C(CC(=O)OO)(C(=O)OCc1ccccc1)C(C)C. The van der Waals surface area contributed by atoms with Crippen molar-refractivity contribution in [2.24, 2.45) is 17.3 Å². The fraction of sp³-hybridized carbons (Fsp3) is 0.529. The van der Waals surface area contributed by atoms with Crippen molar-refractivity contribution < 1.29 is 24.5 Å². The summed E-state index contributed by atoms with van der Waals surface area (Å²) in [6.45, 7) is 7.57. The Morgan fingerprint density at radius 3 is 2.09 bits per heavy atom. The van der Waals surface area contributed by atoms with Crippen molar-refractivity contribution in [2.45, 2.75) is 40.7 Å². The summed E-state index contributed by atoms with van der Waals surface area (Å²) in [5.41, 5.74) is -0.156. The Morgan fingerprint density at radius 2 is 1.64 bits per heavy atom. The number of ether oxygens (including phenoxy) is 1. The molecule has 0 aliphatic rings. The van der Waals surface area contributed by atoms with Gasteiger partial charge in [-0.2, -0.15) is 5.26 Å². The highest BCUT2D eigenvalue weighted by molar-refractivity contribution is 5.84. The van der Waals surface area contributed by atoms with E-state index in [2.05, 4.69) is 4.89 Å². The van der Waals surface area contributed by atoms with E-state index in [-0.39, 0.29) is 24.9 Å². The van der Waals surface area contributed by atoms with E-state index < -0.39 is 17.4 Å². The van der Waals surface area contributed by atoms with Crippen LogP contribution in [0.4, 0.5) is 0 Å². The van der Waals surface area contributed by atoms with Crippen LogP contribution in [0, 0.1) is 17.3 Å². The average Bonchev–Trinajstić information content (AvgIpc) is 2.50. The van der Waals surface area contributed by atoms with E-state index in [1.165, 1.54) is 0 Å². The molecule has 22 heavy (non-hydrogen) atoms. The van der Waals surface area contributed by atoms with Gasteiger partial charge >= 0.3 is 11.9 Å². The Kier molecular flexibility index (Phi) is 6.56. The fourth-order valence-corrected chi connectivity index (χ4v) is 2.75. The van der Waals surface area contributed by atoms with E-state index >= 15 is 0 Å². The number of hydrogen-bond acceptors (Lipinski definition) is 5. The highest BCUT2D eigenvalue weighted by Crippen LogP contribution is 2.41. The van der Waals surface area contributed by atoms with Crippen molar-refractivity contribution in [1.29, 1.82) is 0 Å². The van der Waals surface area contributed by atoms with Crippen LogP contribution in [0.15, 0.2) is 30.3 Å². The Labute approximate surface area is 131 Å². The third-order valence-electron chi connectivity index (χ3n) is 4.19. The minimum absolute atomic E-state index is 0.144. The van der Waals surface area contributed by atoms with Crippen LogP contribution in [0.5, 0.6) is 0 Å². The van der Waals surface area contributed by atoms with Crippen LogP contribution >= 0.6 is 0 Å². The van der Waals surface area contributed by atoms with Gasteiger partial charge in [-0.1, -0.05) is 58.0 Å². The van der Waals surface area contributed by atoms with Crippen LogP contribution in [0.2, 0.25) is 0 Å². The highest BCUT2D eigenvalue weighted by atomic mass is 17.1. The van der Waals surface area contributed by atoms with Crippen molar-refractivity contribution in [3.8, 4) is 0 Å². The lowest BCUT2D eigenvalue weighted by molar-refractivity contribution is -0.238. The van der Waals surface area contributed by atoms with Gasteiger partial charge in [0.05, 0.1) is 11.8 Å². The molecular formula is C17H24O5. The summed E-state index contributed by atoms with van der Waals surface area (Å²) >= 11 is 0. The maximum absolute atomic E-state index is 12.7. The number of benzene rings is 1. The van der Waals surface area contributed by atoms with Crippen LogP contribution in [0.1, 0.15) is 39.7 Å². The lowest BCUT2D eigenvalue weighted by Gasteiger charge is -2.37. The van der Waals surface area contributed by atoms with Crippen LogP contribution in [0.25, 0.3) is 0 Å². The predicted molar refractivity (Wildman–Crippen MR) is 81.7 cm³/mol. The van der Waals surface area contributed by atoms with Crippen molar-refractivity contribution in [1.82, 2.24) is 0 Å². The molecule has 0 aliphatic carbocycles. The van der Waals surface area contributed by atoms with Gasteiger partial charge in [0.15, 0.2) is 0 Å². The first-order valence-electron chi connectivity index (χ1n) is 7.40. The van der Waals surface area contributed by atoms with Gasteiger partial charge in [0.1, 0.15) is 6.61 Å². The van der Waals surface area contributed by atoms with E-state index in [9.17, 15) is 9.59 Å². The summed E-state index contributed by atoms with van der Waals surface area (Å²) in [4.78, 5) is 28.0. The van der Waals surface area contributed by atoms with E-state index in [1.807, 2.05) is 58.0 Å². The Bertz CT molecular complexity index is 485. The van der Waals surface area contributed by atoms with Gasteiger partial charge in [0.2, 0.25) is 0 Å². The molecule has 0 heterocycles. The Morgan fingerprint density at radius 1 is 1.09 bits per heavy atom. The molecule has 0 fully saturated rings. The van der Waals surface area contributed by atoms with Gasteiger partial charge in [-0.25, -0.2) is 4.79 Å². The van der Waals surface area contributed by atoms with Crippen molar-refractivity contribution in [3.63, 3.8) is 0 Å². The summed E-state index contributed by atoms with van der Waals surface area (Å²) in [5.74, 6) is -1.57. The minimum Gasteiger partial charge on any atom is -0.460 e. The van der Waals surface area contributed by atoms with E-state index in [4.69, 9.17) is 9.99 Å². The Hall–Kier alpha value is -1.88. The van der Waals surface area contributed by atoms with E-state index in [1.54, 1.807) is 0 Å². The molecule has 0 aromatic heterocycles. The summed E-state index contributed by atoms with van der Waals surface area (Å²) < 4.78 is 5.43. The minimum atomic E-state index is -1.03. The van der Waals surface area contributed by atoms with Crippen LogP contribution < -0.4 is 0 Å². The maximum Gasteiger partial charge on any atom is 0.343 e. The lowest BCUT2D eigenvalue weighted by Crippen LogP contribution is -2.44. The molecule has 0 aliphatic heterocycles. The monoisotopic (exact) mass is 308 g/mol. The number of hydrogen-bond donors (Lipinski definition) is 1. The maximum atomic E-state index is 12.7. The molecule has 0 saturated heterocycles. The lowest BCUT2D eigenvalue weighted by atomic mass is 9.66. The average molecular weight is 308 g/mol. The molecule has 0 atom stereocenters. The number of carbonyl (C=O) groups is 2. The zero-order valence-corrected chi connectivity index (χ0v) is 13.5. The first-order chi connectivity index (χ1) is 10.3. The summed E-state index contributed by atoms with van der Waals surface area (Å²) in [5, 5.41) is 8.55. The molecule has 5 nitrogen and oxygen atoms in total. The first-order valence-corrected chi connectivity index (χ1v) is 7.40. The zero-order chi connectivity index (χ0) is 16.8. The third kappa shape index (κ3) is 4.07. The molecule has 0 saturated carbocycles. The first kappa shape index (κ1) is 18.2. The molecule has 0 unspecified atom stereocenters. The normalized spacial score (nSPS) is 11.6. The molecule has 1 aromatic carbocycles. The number of carbonyl (C=O) groups excluding carboxylic acids is 2. The zero-order valence-electron chi connectivity index (χ0n) is 13.5. The molecule has 122 valence electrons. The second-order valence-corrected chi connectivity index (χ2v) is 6.05. The summed E-state index contributed by atoms with van der Waals surface area (Å²) in [7, 11) is 0. The van der Waals surface area contributed by atoms with Crippen molar-refractivity contribution >= 4 is 11.9 Å². The van der Waals surface area contributed by atoms with Gasteiger partial charge in [-0.15, -0.1) is 0 Å². The molecular weight excluding hydrogens is 284 g/mol. The number of rotatable bonds is 7. The van der Waals surface area contributed by atoms with Gasteiger partial charge in [-0.3, -0.25) is 4.79 Å². The Balaban J connectivity index is 2.94. The number of esters is 1. The predicted octanol–water partition coefficient (Wildman–Crippen LogP) is 3.43. The molecule has 0 amide bonds. The van der Waals surface area contributed by atoms with E-state index in [0.717, 1.165) is 5.56 Å². The standard InChI is InChI=1S/C17H24O5/c1-12(2)17(13(3)4,10-15(18)22-20)16(19)21-11-14-8-6-5-7-9-14/h5-9,12-13,20H,10-11H2,1-4H3. The molecule has 0 spiro atoms. The van der Waals surface area contributed by atoms with Crippen molar-refractivity contribution in [2.75, 3.05) is 0 Å². The summed E-state index contributed by atoms with van der Waals surface area (Å²) in [6, 6.07) is 9.34. The topological polar surface area (TPSA) is 72.8 Å². The third-order valence-corrected chi connectivity index (χ3v) is 4.19. The van der Waals surface area contributed by atoms with E-state index in [0.29, 0.717) is 0 Å². The van der Waals surface area contributed by atoms with Gasteiger partial charge in [0.25, 0.3) is 0 Å². The highest BCUT2D eigenvalue weighted by Gasteiger charge is 2.48. The molecule has 0 radical (unpaired) electrons. The molecule has 1 N–H and O–H groups in total. The van der Waals surface area contributed by atoms with Gasteiger partial charge in [-0.05, 0) is 17.4 Å². The fourth-order valence-electron chi connectivity index (χ4n) is 2.75. The molecule has 1 aromatic rings. The second-order valence-electron chi connectivity index (χ2n) is 6.05. The van der Waals surface area contributed by atoms with Crippen LogP contribution in [-0.2, 0) is 25.8 Å². The molecule has 0 bridgehead atoms. The second kappa shape index (κ2) is 7.94. The van der Waals surface area contributed by atoms with Crippen molar-refractivity contribution in [3.05, 3.63) is 35.9 Å². The summed E-state index contributed by atoms with van der Waals surface area (Å²) in [6.07, 6.45) is -0.216. The quantitative estimate of drug-likeness (QED) is 0.474. The van der Waals surface area contributed by atoms with Crippen LogP contribution in [-0.4, -0.2) is 17.2 Å². The molecule has 5 heteroatoms. The largest absolute Gasteiger partial charge is 0.460 e. The van der Waals surface area contributed by atoms with Gasteiger partial charge < -0.3 is 9.62 Å². The molecule has 1 rings (SSSR count). The van der Waals surface area contributed by atoms with Gasteiger partial charge in [0, 0.05) is 0 Å². The van der Waals surface area contributed by atoms with Crippen LogP contribution in [0.3, 0.4) is 0 Å². The smallest absolute Gasteiger partial charge is 0.343 e.